The topological polar surface area (TPSA) is 41.6 Å². The summed E-state index contributed by atoms with van der Waals surface area (Å²) in [6.07, 6.45) is 1.17. The predicted molar refractivity (Wildman–Crippen MR) is 78.1 cm³/mol. The Kier molecular flexibility index (Phi) is 5.48. The maximum atomic E-state index is 11.6. The Labute approximate surface area is 118 Å². The van der Waals surface area contributed by atoms with Gasteiger partial charge in [0, 0.05) is 36.8 Å². The van der Waals surface area contributed by atoms with Crippen molar-refractivity contribution in [1.82, 2.24) is 0 Å². The second-order valence-electron chi connectivity index (χ2n) is 4.49. The number of alkyl halides is 1. The normalized spacial score (nSPS) is 15.3. The number of benzene rings is 1. The molecule has 1 aromatic carbocycles. The highest BCUT2D eigenvalue weighted by Crippen LogP contribution is 2.19. The number of anilines is 2. The van der Waals surface area contributed by atoms with Crippen molar-refractivity contribution in [3.8, 4) is 0 Å². The van der Waals surface area contributed by atoms with E-state index < -0.39 is 0 Å². The van der Waals surface area contributed by atoms with Crippen molar-refractivity contribution in [2.24, 2.45) is 0 Å². The van der Waals surface area contributed by atoms with Gasteiger partial charge in [-0.05, 0) is 30.7 Å². The Morgan fingerprint density at radius 2 is 1.95 bits per heavy atom. The molecule has 1 fully saturated rings. The second kappa shape index (κ2) is 7.36. The van der Waals surface area contributed by atoms with E-state index in [0.29, 0.717) is 18.7 Å². The summed E-state index contributed by atoms with van der Waals surface area (Å²) in [5.74, 6) is 0.531. The quantitative estimate of drug-likeness (QED) is 0.844. The summed E-state index contributed by atoms with van der Waals surface area (Å²) in [6.45, 7) is 3.39. The van der Waals surface area contributed by atoms with Gasteiger partial charge in [-0.2, -0.15) is 0 Å². The number of ether oxygens (including phenoxy) is 1. The van der Waals surface area contributed by atoms with E-state index in [1.165, 1.54) is 5.69 Å². The number of hydrogen-bond donors (Lipinski definition) is 1. The van der Waals surface area contributed by atoms with Gasteiger partial charge in [0.05, 0.1) is 13.2 Å². The molecule has 1 aliphatic heterocycles. The standard InChI is InChI=1S/C14H19ClN2O2/c15-7-1-2-14(18)16-12-3-5-13(6-4-12)17-8-10-19-11-9-17/h3-6H,1-2,7-11H2,(H,16,18). The number of morpholine rings is 1. The molecule has 0 aromatic heterocycles. The molecule has 0 bridgehead atoms. The smallest absolute Gasteiger partial charge is 0.224 e. The highest BCUT2D eigenvalue weighted by Gasteiger charge is 2.11. The van der Waals surface area contributed by atoms with Crippen LogP contribution >= 0.6 is 11.6 Å². The van der Waals surface area contributed by atoms with Gasteiger partial charge >= 0.3 is 0 Å². The van der Waals surface area contributed by atoms with E-state index in [1.54, 1.807) is 0 Å². The number of nitrogens with zero attached hydrogens (tertiary/aromatic N) is 1. The molecule has 0 saturated carbocycles. The Bertz CT molecular complexity index is 402. The van der Waals surface area contributed by atoms with Gasteiger partial charge in [-0.25, -0.2) is 0 Å². The fraction of sp³-hybridized carbons (Fsp3) is 0.500. The molecule has 1 aromatic rings. The molecule has 1 saturated heterocycles. The van der Waals surface area contributed by atoms with Crippen LogP contribution in [0.5, 0.6) is 0 Å². The fourth-order valence-corrected chi connectivity index (χ4v) is 2.16. The van der Waals surface area contributed by atoms with E-state index in [-0.39, 0.29) is 5.91 Å². The summed E-state index contributed by atoms with van der Waals surface area (Å²) in [7, 11) is 0. The average Bonchev–Trinajstić information content (AvgIpc) is 2.47. The Balaban J connectivity index is 1.88. The summed E-state index contributed by atoms with van der Waals surface area (Å²) in [5.41, 5.74) is 2.00. The van der Waals surface area contributed by atoms with E-state index in [2.05, 4.69) is 10.2 Å². The van der Waals surface area contributed by atoms with Crippen molar-refractivity contribution in [3.63, 3.8) is 0 Å². The lowest BCUT2D eigenvalue weighted by atomic mass is 10.2. The van der Waals surface area contributed by atoms with E-state index in [9.17, 15) is 4.79 Å². The third kappa shape index (κ3) is 4.40. The fourth-order valence-electron chi connectivity index (χ4n) is 2.03. The third-order valence-electron chi connectivity index (χ3n) is 3.06. The van der Waals surface area contributed by atoms with Crippen molar-refractivity contribution >= 4 is 28.9 Å². The first-order valence-corrected chi connectivity index (χ1v) is 7.11. The van der Waals surface area contributed by atoms with Crippen LogP contribution in [0.4, 0.5) is 11.4 Å². The van der Waals surface area contributed by atoms with Gasteiger partial charge in [0.15, 0.2) is 0 Å². The van der Waals surface area contributed by atoms with E-state index in [1.807, 2.05) is 24.3 Å². The zero-order valence-corrected chi connectivity index (χ0v) is 11.7. The Morgan fingerprint density at radius 1 is 1.26 bits per heavy atom. The molecular weight excluding hydrogens is 264 g/mol. The molecule has 104 valence electrons. The van der Waals surface area contributed by atoms with Gasteiger partial charge in [-0.3, -0.25) is 4.79 Å². The first-order valence-electron chi connectivity index (χ1n) is 6.58. The van der Waals surface area contributed by atoms with Crippen molar-refractivity contribution in [1.29, 1.82) is 0 Å². The molecule has 1 aliphatic rings. The van der Waals surface area contributed by atoms with E-state index >= 15 is 0 Å². The molecule has 5 heteroatoms. The van der Waals surface area contributed by atoms with Crippen LogP contribution in [0.25, 0.3) is 0 Å². The highest BCUT2D eigenvalue weighted by molar-refractivity contribution is 6.18. The lowest BCUT2D eigenvalue weighted by molar-refractivity contribution is -0.116. The molecule has 0 aliphatic carbocycles. The van der Waals surface area contributed by atoms with Crippen LogP contribution in [0.2, 0.25) is 0 Å². The van der Waals surface area contributed by atoms with Gasteiger partial charge in [0.1, 0.15) is 0 Å². The molecule has 0 atom stereocenters. The zero-order valence-electron chi connectivity index (χ0n) is 10.9. The van der Waals surface area contributed by atoms with Crippen LogP contribution in [0, 0.1) is 0 Å². The van der Waals surface area contributed by atoms with Crippen molar-refractivity contribution < 1.29 is 9.53 Å². The molecule has 0 unspecified atom stereocenters. The average molecular weight is 283 g/mol. The molecule has 1 N–H and O–H groups in total. The SMILES string of the molecule is O=C(CCCCl)Nc1ccc(N2CCOCC2)cc1. The third-order valence-corrected chi connectivity index (χ3v) is 3.33. The van der Waals surface area contributed by atoms with Gasteiger partial charge in [0.25, 0.3) is 0 Å². The molecule has 1 heterocycles. The minimum Gasteiger partial charge on any atom is -0.378 e. The molecular formula is C14H19ClN2O2. The van der Waals surface area contributed by atoms with Crippen LogP contribution in [0.15, 0.2) is 24.3 Å². The van der Waals surface area contributed by atoms with Crippen molar-refractivity contribution in [2.75, 3.05) is 42.4 Å². The van der Waals surface area contributed by atoms with Gasteiger partial charge < -0.3 is 15.0 Å². The van der Waals surface area contributed by atoms with Gasteiger partial charge in [-0.1, -0.05) is 0 Å². The van der Waals surface area contributed by atoms with Gasteiger partial charge in [0.2, 0.25) is 5.91 Å². The van der Waals surface area contributed by atoms with Crippen LogP contribution in [0.3, 0.4) is 0 Å². The number of halogens is 1. The monoisotopic (exact) mass is 282 g/mol. The van der Waals surface area contributed by atoms with Gasteiger partial charge in [-0.15, -0.1) is 11.6 Å². The number of hydrogen-bond acceptors (Lipinski definition) is 3. The minimum atomic E-state index is 0.0137. The highest BCUT2D eigenvalue weighted by atomic mass is 35.5. The first kappa shape index (κ1) is 14.2. The summed E-state index contributed by atoms with van der Waals surface area (Å²) < 4.78 is 5.33. The molecule has 0 radical (unpaired) electrons. The number of carbonyl (C=O) groups excluding carboxylic acids is 1. The molecule has 4 nitrogen and oxygen atoms in total. The molecule has 0 spiro atoms. The largest absolute Gasteiger partial charge is 0.378 e. The Hall–Kier alpha value is -1.26. The lowest BCUT2D eigenvalue weighted by Crippen LogP contribution is -2.36. The maximum absolute atomic E-state index is 11.6. The number of amides is 1. The first-order chi connectivity index (χ1) is 9.29. The van der Waals surface area contributed by atoms with Crippen LogP contribution in [0.1, 0.15) is 12.8 Å². The minimum absolute atomic E-state index is 0.0137. The van der Waals surface area contributed by atoms with E-state index in [4.69, 9.17) is 16.3 Å². The summed E-state index contributed by atoms with van der Waals surface area (Å²) >= 11 is 5.56. The van der Waals surface area contributed by atoms with Crippen LogP contribution in [-0.2, 0) is 9.53 Å². The van der Waals surface area contributed by atoms with E-state index in [0.717, 1.165) is 32.0 Å². The predicted octanol–water partition coefficient (Wildman–Crippen LogP) is 2.48. The summed E-state index contributed by atoms with van der Waals surface area (Å²) in [5, 5.41) is 2.87. The molecule has 1 amide bonds. The number of rotatable bonds is 5. The number of nitrogens with one attached hydrogen (secondary N) is 1. The summed E-state index contributed by atoms with van der Waals surface area (Å²) in [4.78, 5) is 13.8. The van der Waals surface area contributed by atoms with Crippen LogP contribution < -0.4 is 10.2 Å². The lowest BCUT2D eigenvalue weighted by Gasteiger charge is -2.28. The van der Waals surface area contributed by atoms with Crippen LogP contribution in [-0.4, -0.2) is 38.1 Å². The van der Waals surface area contributed by atoms with Crippen molar-refractivity contribution in [2.45, 2.75) is 12.8 Å². The summed E-state index contributed by atoms with van der Waals surface area (Å²) in [6, 6.07) is 7.93. The zero-order chi connectivity index (χ0) is 13.5. The van der Waals surface area contributed by atoms with Crippen molar-refractivity contribution in [3.05, 3.63) is 24.3 Å². The maximum Gasteiger partial charge on any atom is 0.224 e. The Morgan fingerprint density at radius 3 is 2.58 bits per heavy atom. The second-order valence-corrected chi connectivity index (χ2v) is 4.86. The number of carbonyl (C=O) groups is 1. The molecule has 19 heavy (non-hydrogen) atoms. The molecule has 2 rings (SSSR count).